The molecule has 0 saturated carbocycles. The van der Waals surface area contributed by atoms with Crippen molar-refractivity contribution >= 4 is 5.69 Å². The Morgan fingerprint density at radius 1 is 1.05 bits per heavy atom. The minimum Gasteiger partial charge on any atom is -0.479 e. The molecule has 3 heteroatoms. The zero-order valence-corrected chi connectivity index (χ0v) is 11.8. The third-order valence-corrected chi connectivity index (χ3v) is 3.27. The predicted molar refractivity (Wildman–Crippen MR) is 80.8 cm³/mol. The second-order valence-electron chi connectivity index (χ2n) is 4.70. The van der Waals surface area contributed by atoms with E-state index in [1.165, 1.54) is 16.7 Å². The van der Waals surface area contributed by atoms with Crippen LogP contribution in [0, 0.1) is 25.2 Å². The van der Waals surface area contributed by atoms with E-state index >= 15 is 0 Å². The van der Waals surface area contributed by atoms with E-state index in [1.54, 1.807) is 0 Å². The number of hydrogen-bond acceptors (Lipinski definition) is 3. The average Bonchev–Trinajstić information content (AvgIpc) is 2.46. The van der Waals surface area contributed by atoms with E-state index in [2.05, 4.69) is 37.4 Å². The molecule has 2 rings (SSSR count). The van der Waals surface area contributed by atoms with Gasteiger partial charge in [-0.15, -0.1) is 0 Å². The van der Waals surface area contributed by atoms with Gasteiger partial charge in [0, 0.05) is 12.2 Å². The molecule has 0 bridgehead atoms. The molecule has 102 valence electrons. The summed E-state index contributed by atoms with van der Waals surface area (Å²) in [5.74, 6) is 0.712. The Balaban J connectivity index is 1.99. The molecule has 20 heavy (non-hydrogen) atoms. The van der Waals surface area contributed by atoms with Crippen molar-refractivity contribution in [2.75, 3.05) is 11.9 Å². The zero-order valence-electron chi connectivity index (χ0n) is 11.8. The van der Waals surface area contributed by atoms with E-state index in [0.29, 0.717) is 5.75 Å². The Bertz CT molecular complexity index is 592. The third-order valence-electron chi connectivity index (χ3n) is 3.27. The number of anilines is 1. The molecule has 2 aromatic rings. The highest BCUT2D eigenvalue weighted by Crippen LogP contribution is 2.18. The zero-order chi connectivity index (χ0) is 14.4. The van der Waals surface area contributed by atoms with Crippen LogP contribution in [0.4, 0.5) is 5.69 Å². The third kappa shape index (κ3) is 3.52. The van der Waals surface area contributed by atoms with Crippen LogP contribution in [0.2, 0.25) is 0 Å². The Morgan fingerprint density at radius 3 is 2.30 bits per heavy atom. The Kier molecular flexibility index (Phi) is 4.62. The van der Waals surface area contributed by atoms with Gasteiger partial charge in [-0.05, 0) is 54.8 Å². The molecular formula is C17H18N2O. The number of ether oxygens (including phenoxy) is 1. The molecule has 0 aliphatic rings. The highest BCUT2D eigenvalue weighted by Gasteiger charge is 2.02. The Labute approximate surface area is 119 Å². The first kappa shape index (κ1) is 14.0. The van der Waals surface area contributed by atoms with Crippen LogP contribution in [-0.2, 0) is 6.54 Å². The minimum absolute atomic E-state index is 0.0786. The second-order valence-corrected chi connectivity index (χ2v) is 4.70. The van der Waals surface area contributed by atoms with Gasteiger partial charge in [0.05, 0.1) is 0 Å². The van der Waals surface area contributed by atoms with Gasteiger partial charge in [-0.1, -0.05) is 18.2 Å². The second kappa shape index (κ2) is 6.63. The lowest BCUT2D eigenvalue weighted by atomic mass is 10.0. The van der Waals surface area contributed by atoms with Crippen molar-refractivity contribution in [3.05, 3.63) is 59.2 Å². The van der Waals surface area contributed by atoms with Crippen molar-refractivity contribution < 1.29 is 4.74 Å². The standard InChI is InChI=1S/C17H18N2O/c1-13-4-3-5-14(2)17(13)12-19-15-6-8-16(9-7-15)20-11-10-18/h3-9,19H,11-12H2,1-2H3. The quantitative estimate of drug-likeness (QED) is 0.894. The van der Waals surface area contributed by atoms with Crippen molar-refractivity contribution in [2.45, 2.75) is 20.4 Å². The lowest BCUT2D eigenvalue weighted by Gasteiger charge is -2.12. The number of hydrogen-bond donors (Lipinski definition) is 1. The van der Waals surface area contributed by atoms with Crippen molar-refractivity contribution in [2.24, 2.45) is 0 Å². The van der Waals surface area contributed by atoms with Crippen LogP contribution in [0.3, 0.4) is 0 Å². The van der Waals surface area contributed by atoms with Gasteiger partial charge in [-0.25, -0.2) is 0 Å². The summed E-state index contributed by atoms with van der Waals surface area (Å²) in [6.45, 7) is 5.14. The van der Waals surface area contributed by atoms with E-state index in [9.17, 15) is 0 Å². The highest BCUT2D eigenvalue weighted by molar-refractivity contribution is 5.48. The van der Waals surface area contributed by atoms with Crippen LogP contribution in [-0.4, -0.2) is 6.61 Å². The minimum atomic E-state index is 0.0786. The van der Waals surface area contributed by atoms with Gasteiger partial charge in [0.2, 0.25) is 0 Å². The molecule has 0 atom stereocenters. The van der Waals surface area contributed by atoms with Crippen LogP contribution in [0.15, 0.2) is 42.5 Å². The van der Waals surface area contributed by atoms with Gasteiger partial charge in [-0.2, -0.15) is 5.26 Å². The largest absolute Gasteiger partial charge is 0.479 e. The molecule has 0 heterocycles. The summed E-state index contributed by atoms with van der Waals surface area (Å²) in [6.07, 6.45) is 0. The first-order chi connectivity index (χ1) is 9.70. The molecule has 0 aliphatic carbocycles. The molecule has 1 N–H and O–H groups in total. The van der Waals surface area contributed by atoms with Crippen LogP contribution in [0.5, 0.6) is 5.75 Å². The van der Waals surface area contributed by atoms with E-state index < -0.39 is 0 Å². The van der Waals surface area contributed by atoms with E-state index in [1.807, 2.05) is 30.3 Å². The smallest absolute Gasteiger partial charge is 0.174 e. The SMILES string of the molecule is Cc1cccc(C)c1CNc1ccc(OCC#N)cc1. The molecule has 0 fully saturated rings. The van der Waals surface area contributed by atoms with Gasteiger partial charge in [0.15, 0.2) is 6.61 Å². The first-order valence-electron chi connectivity index (χ1n) is 6.59. The maximum absolute atomic E-state index is 8.46. The number of nitriles is 1. The topological polar surface area (TPSA) is 45.0 Å². The summed E-state index contributed by atoms with van der Waals surface area (Å²) in [4.78, 5) is 0. The van der Waals surface area contributed by atoms with Gasteiger partial charge in [-0.3, -0.25) is 0 Å². The molecule has 0 radical (unpaired) electrons. The van der Waals surface area contributed by atoms with Crippen molar-refractivity contribution in [1.29, 1.82) is 5.26 Å². The van der Waals surface area contributed by atoms with Crippen molar-refractivity contribution in [3.63, 3.8) is 0 Å². The first-order valence-corrected chi connectivity index (χ1v) is 6.59. The Morgan fingerprint density at radius 2 is 1.70 bits per heavy atom. The summed E-state index contributed by atoms with van der Waals surface area (Å²) < 4.78 is 5.22. The number of aryl methyl sites for hydroxylation is 2. The maximum atomic E-state index is 8.46. The number of nitrogens with one attached hydrogen (secondary N) is 1. The number of nitrogens with zero attached hydrogens (tertiary/aromatic N) is 1. The maximum Gasteiger partial charge on any atom is 0.174 e. The average molecular weight is 266 g/mol. The summed E-state index contributed by atoms with van der Waals surface area (Å²) in [5, 5.41) is 11.9. The summed E-state index contributed by atoms with van der Waals surface area (Å²) in [7, 11) is 0. The predicted octanol–water partition coefficient (Wildman–Crippen LogP) is 3.82. The highest BCUT2D eigenvalue weighted by atomic mass is 16.5. The molecule has 0 aromatic heterocycles. The van der Waals surface area contributed by atoms with Crippen LogP contribution >= 0.6 is 0 Å². The normalized spacial score (nSPS) is 9.85. The van der Waals surface area contributed by atoms with E-state index in [0.717, 1.165) is 12.2 Å². The molecule has 0 unspecified atom stereocenters. The van der Waals surface area contributed by atoms with Crippen LogP contribution < -0.4 is 10.1 Å². The fraction of sp³-hybridized carbons (Fsp3) is 0.235. The lowest BCUT2D eigenvalue weighted by Crippen LogP contribution is -2.03. The van der Waals surface area contributed by atoms with Crippen LogP contribution in [0.1, 0.15) is 16.7 Å². The van der Waals surface area contributed by atoms with E-state index in [4.69, 9.17) is 10.00 Å². The summed E-state index contributed by atoms with van der Waals surface area (Å²) in [5.41, 5.74) is 4.97. The fourth-order valence-electron chi connectivity index (χ4n) is 2.10. The van der Waals surface area contributed by atoms with Gasteiger partial charge >= 0.3 is 0 Å². The molecular weight excluding hydrogens is 248 g/mol. The molecule has 2 aromatic carbocycles. The number of rotatable bonds is 5. The van der Waals surface area contributed by atoms with Crippen molar-refractivity contribution in [3.8, 4) is 11.8 Å². The summed E-state index contributed by atoms with van der Waals surface area (Å²) >= 11 is 0. The molecule has 0 spiro atoms. The molecule has 0 amide bonds. The van der Waals surface area contributed by atoms with Gasteiger partial charge in [0.25, 0.3) is 0 Å². The fourth-order valence-corrected chi connectivity index (χ4v) is 2.10. The van der Waals surface area contributed by atoms with Gasteiger partial charge < -0.3 is 10.1 Å². The monoisotopic (exact) mass is 266 g/mol. The van der Waals surface area contributed by atoms with Crippen LogP contribution in [0.25, 0.3) is 0 Å². The number of benzene rings is 2. The van der Waals surface area contributed by atoms with E-state index in [-0.39, 0.29) is 6.61 Å². The molecule has 0 saturated heterocycles. The Hall–Kier alpha value is -2.47. The van der Waals surface area contributed by atoms with Gasteiger partial charge in [0.1, 0.15) is 11.8 Å². The summed E-state index contributed by atoms with van der Waals surface area (Å²) in [6, 6.07) is 15.9. The molecule has 0 aliphatic heterocycles. The van der Waals surface area contributed by atoms with Crippen molar-refractivity contribution in [1.82, 2.24) is 0 Å². The molecule has 3 nitrogen and oxygen atoms in total. The lowest BCUT2D eigenvalue weighted by molar-refractivity contribution is 0.368.